The molecule has 2 heterocycles. The standard InChI is InChI=1S/C38H30N2/c1-38(2,3)40-33-16-10-9-15-30(33)31-23-32-35(24-36(31)40)39(34-22-19-27-13-7-8-14-29(27)37(32)34)28-20-17-26(18-21-28)25-11-5-4-6-12-25/h4-24H,1-3H3. The Bertz CT molecular complexity index is 2220. The van der Waals surface area contributed by atoms with Crippen molar-refractivity contribution in [2.24, 2.45) is 0 Å². The van der Waals surface area contributed by atoms with Gasteiger partial charge in [0.2, 0.25) is 0 Å². The van der Waals surface area contributed by atoms with Gasteiger partial charge in [0.15, 0.2) is 0 Å². The quantitative estimate of drug-likeness (QED) is 0.217. The maximum absolute atomic E-state index is 2.51. The van der Waals surface area contributed by atoms with E-state index >= 15 is 0 Å². The SMILES string of the molecule is CC(C)(C)n1c2ccccc2c2cc3c4c5ccccc5ccc4n(-c4ccc(-c5ccccc5)cc4)c3cc21. The molecule has 0 saturated carbocycles. The lowest BCUT2D eigenvalue weighted by molar-refractivity contribution is 0.423. The fourth-order valence-corrected chi connectivity index (χ4v) is 6.68. The summed E-state index contributed by atoms with van der Waals surface area (Å²) < 4.78 is 4.96. The van der Waals surface area contributed by atoms with E-state index in [9.17, 15) is 0 Å². The number of rotatable bonds is 2. The van der Waals surface area contributed by atoms with Gasteiger partial charge in [-0.05, 0) is 79.1 Å². The Morgan fingerprint density at radius 3 is 1.90 bits per heavy atom. The Labute approximate surface area is 233 Å². The first-order valence-corrected chi connectivity index (χ1v) is 14.0. The molecule has 0 amide bonds. The Kier molecular flexibility index (Phi) is 4.82. The highest BCUT2D eigenvalue weighted by Gasteiger charge is 2.23. The summed E-state index contributed by atoms with van der Waals surface area (Å²) in [6.07, 6.45) is 0. The third kappa shape index (κ3) is 3.29. The van der Waals surface area contributed by atoms with E-state index in [0.29, 0.717) is 0 Å². The monoisotopic (exact) mass is 514 g/mol. The van der Waals surface area contributed by atoms with Gasteiger partial charge >= 0.3 is 0 Å². The van der Waals surface area contributed by atoms with Crippen LogP contribution in [0.15, 0.2) is 127 Å². The van der Waals surface area contributed by atoms with Crippen molar-refractivity contribution in [2.45, 2.75) is 26.3 Å². The molecule has 0 aliphatic rings. The fraction of sp³-hybridized carbons (Fsp3) is 0.105. The van der Waals surface area contributed by atoms with Crippen LogP contribution in [0.1, 0.15) is 20.8 Å². The topological polar surface area (TPSA) is 9.86 Å². The van der Waals surface area contributed by atoms with Gasteiger partial charge in [-0.2, -0.15) is 0 Å². The lowest BCUT2D eigenvalue weighted by Crippen LogP contribution is -2.21. The zero-order valence-corrected chi connectivity index (χ0v) is 23.0. The minimum Gasteiger partial charge on any atom is -0.335 e. The maximum Gasteiger partial charge on any atom is 0.0562 e. The molecule has 6 aromatic carbocycles. The van der Waals surface area contributed by atoms with Gasteiger partial charge in [-0.25, -0.2) is 0 Å². The summed E-state index contributed by atoms with van der Waals surface area (Å²) in [5.41, 5.74) is 8.61. The van der Waals surface area contributed by atoms with Crippen molar-refractivity contribution in [1.29, 1.82) is 0 Å². The normalized spacial score (nSPS) is 12.4. The van der Waals surface area contributed by atoms with Crippen LogP contribution in [0, 0.1) is 0 Å². The van der Waals surface area contributed by atoms with Crippen molar-refractivity contribution in [2.75, 3.05) is 0 Å². The van der Waals surface area contributed by atoms with Crippen LogP contribution >= 0.6 is 0 Å². The van der Waals surface area contributed by atoms with E-state index in [0.717, 1.165) is 0 Å². The first kappa shape index (κ1) is 23.1. The summed E-state index contributed by atoms with van der Waals surface area (Å²) in [6, 6.07) is 46.7. The number of benzene rings is 6. The second-order valence-corrected chi connectivity index (χ2v) is 11.8. The smallest absolute Gasteiger partial charge is 0.0562 e. The highest BCUT2D eigenvalue weighted by Crippen LogP contribution is 2.42. The van der Waals surface area contributed by atoms with Gasteiger partial charge in [-0.15, -0.1) is 0 Å². The summed E-state index contributed by atoms with van der Waals surface area (Å²) in [5, 5.41) is 7.79. The van der Waals surface area contributed by atoms with Crippen LogP contribution in [0.25, 0.3) is 71.2 Å². The van der Waals surface area contributed by atoms with Crippen molar-refractivity contribution in [3.8, 4) is 16.8 Å². The van der Waals surface area contributed by atoms with Crippen LogP contribution in [0.5, 0.6) is 0 Å². The van der Waals surface area contributed by atoms with Gasteiger partial charge < -0.3 is 9.13 Å². The van der Waals surface area contributed by atoms with E-state index < -0.39 is 0 Å². The molecule has 192 valence electrons. The summed E-state index contributed by atoms with van der Waals surface area (Å²) in [7, 11) is 0. The molecule has 0 N–H and O–H groups in total. The second-order valence-electron chi connectivity index (χ2n) is 11.8. The fourth-order valence-electron chi connectivity index (χ4n) is 6.68. The van der Waals surface area contributed by atoms with Gasteiger partial charge in [0.1, 0.15) is 0 Å². The van der Waals surface area contributed by atoms with E-state index in [1.165, 1.54) is 71.2 Å². The molecule has 8 aromatic rings. The Morgan fingerprint density at radius 2 is 1.12 bits per heavy atom. The number of hydrogen-bond donors (Lipinski definition) is 0. The Balaban J connectivity index is 1.52. The zero-order chi connectivity index (χ0) is 27.0. The van der Waals surface area contributed by atoms with Crippen molar-refractivity contribution in [3.05, 3.63) is 127 Å². The molecule has 0 atom stereocenters. The van der Waals surface area contributed by atoms with Crippen LogP contribution < -0.4 is 0 Å². The van der Waals surface area contributed by atoms with E-state index in [4.69, 9.17) is 0 Å². The van der Waals surface area contributed by atoms with E-state index in [1.54, 1.807) is 0 Å². The summed E-state index contributed by atoms with van der Waals surface area (Å²) in [4.78, 5) is 0. The molecule has 0 bridgehead atoms. The summed E-state index contributed by atoms with van der Waals surface area (Å²) in [6.45, 7) is 6.90. The van der Waals surface area contributed by atoms with Crippen LogP contribution in [-0.2, 0) is 5.54 Å². The molecule has 2 nitrogen and oxygen atoms in total. The molecular formula is C38H30N2. The lowest BCUT2D eigenvalue weighted by Gasteiger charge is -2.24. The second kappa shape index (κ2) is 8.34. The number of nitrogens with zero attached hydrogens (tertiary/aromatic N) is 2. The molecule has 0 fully saturated rings. The molecule has 40 heavy (non-hydrogen) atoms. The largest absolute Gasteiger partial charge is 0.335 e. The molecule has 2 aromatic heterocycles. The van der Waals surface area contributed by atoms with E-state index in [2.05, 4.69) is 157 Å². The predicted octanol–water partition coefficient (Wildman–Crippen LogP) is 10.5. The Hall–Kier alpha value is -4.82. The molecule has 2 heteroatoms. The average molecular weight is 515 g/mol. The average Bonchev–Trinajstić information content (AvgIpc) is 3.49. The predicted molar refractivity (Wildman–Crippen MR) is 172 cm³/mol. The van der Waals surface area contributed by atoms with E-state index in [-0.39, 0.29) is 5.54 Å². The van der Waals surface area contributed by atoms with Crippen molar-refractivity contribution >= 4 is 54.4 Å². The van der Waals surface area contributed by atoms with Crippen LogP contribution in [-0.4, -0.2) is 9.13 Å². The number of aromatic nitrogens is 2. The Morgan fingerprint density at radius 1 is 0.450 bits per heavy atom. The highest BCUT2D eigenvalue weighted by molar-refractivity contribution is 6.25. The number of hydrogen-bond acceptors (Lipinski definition) is 0. The third-order valence-electron chi connectivity index (χ3n) is 8.35. The molecule has 0 radical (unpaired) electrons. The highest BCUT2D eigenvalue weighted by atomic mass is 15.1. The zero-order valence-electron chi connectivity index (χ0n) is 23.0. The van der Waals surface area contributed by atoms with E-state index in [1.807, 2.05) is 0 Å². The van der Waals surface area contributed by atoms with Crippen molar-refractivity contribution < 1.29 is 0 Å². The maximum atomic E-state index is 2.51. The van der Waals surface area contributed by atoms with Gasteiger partial charge in [-0.3, -0.25) is 0 Å². The van der Waals surface area contributed by atoms with Crippen LogP contribution in [0.3, 0.4) is 0 Å². The summed E-state index contributed by atoms with van der Waals surface area (Å²) >= 11 is 0. The molecule has 0 unspecified atom stereocenters. The molecule has 0 aliphatic heterocycles. The van der Waals surface area contributed by atoms with Crippen molar-refractivity contribution in [3.63, 3.8) is 0 Å². The molecule has 8 rings (SSSR count). The lowest BCUT2D eigenvalue weighted by atomic mass is 10.0. The van der Waals surface area contributed by atoms with Gasteiger partial charge in [0.05, 0.1) is 16.6 Å². The number of para-hydroxylation sites is 1. The number of fused-ring (bicyclic) bond motifs is 8. The minimum absolute atomic E-state index is 0.0596. The van der Waals surface area contributed by atoms with Crippen molar-refractivity contribution in [1.82, 2.24) is 9.13 Å². The van der Waals surface area contributed by atoms with Gasteiger partial charge in [0, 0.05) is 38.3 Å². The first-order valence-electron chi connectivity index (χ1n) is 14.0. The van der Waals surface area contributed by atoms with Crippen LogP contribution in [0.4, 0.5) is 0 Å². The van der Waals surface area contributed by atoms with Gasteiger partial charge in [-0.1, -0.05) is 91.0 Å². The minimum atomic E-state index is -0.0596. The molecular weight excluding hydrogens is 484 g/mol. The molecule has 0 aliphatic carbocycles. The van der Waals surface area contributed by atoms with Gasteiger partial charge in [0.25, 0.3) is 0 Å². The molecule has 0 saturated heterocycles. The first-order chi connectivity index (χ1) is 19.5. The molecule has 0 spiro atoms. The summed E-state index contributed by atoms with van der Waals surface area (Å²) in [5.74, 6) is 0. The third-order valence-corrected chi connectivity index (χ3v) is 8.35. The van der Waals surface area contributed by atoms with Crippen LogP contribution in [0.2, 0.25) is 0 Å².